The van der Waals surface area contributed by atoms with Crippen molar-refractivity contribution in [1.29, 1.82) is 0 Å². The predicted octanol–water partition coefficient (Wildman–Crippen LogP) is 2.44. The van der Waals surface area contributed by atoms with Gasteiger partial charge in [0.05, 0.1) is 0 Å². The molecule has 2 N–H and O–H groups in total. The zero-order chi connectivity index (χ0) is 13.8. The molecule has 0 aromatic heterocycles. The van der Waals surface area contributed by atoms with Crippen molar-refractivity contribution in [3.63, 3.8) is 0 Å². The van der Waals surface area contributed by atoms with Crippen LogP contribution in [-0.2, 0) is 0 Å². The van der Waals surface area contributed by atoms with Crippen LogP contribution in [0.15, 0.2) is 18.2 Å². The van der Waals surface area contributed by atoms with Crippen LogP contribution in [0.1, 0.15) is 41.8 Å². The van der Waals surface area contributed by atoms with Gasteiger partial charge in [0.1, 0.15) is 0 Å². The van der Waals surface area contributed by atoms with Gasteiger partial charge in [-0.1, -0.05) is 31.0 Å². The smallest absolute Gasteiger partial charge is 0.251 e. The van der Waals surface area contributed by atoms with E-state index >= 15 is 0 Å². The van der Waals surface area contributed by atoms with Crippen molar-refractivity contribution in [2.75, 3.05) is 13.2 Å². The summed E-state index contributed by atoms with van der Waals surface area (Å²) in [6.45, 7) is 8.75. The van der Waals surface area contributed by atoms with Crippen LogP contribution in [0.2, 0.25) is 0 Å². The Hall–Kier alpha value is -1.35. The van der Waals surface area contributed by atoms with E-state index in [0.29, 0.717) is 18.5 Å². The Kier molecular flexibility index (Phi) is 4.91. The number of hydrogen-bond acceptors (Lipinski definition) is 2. The fourth-order valence-corrected chi connectivity index (χ4v) is 1.92. The molecule has 1 rings (SSSR count). The van der Waals surface area contributed by atoms with Crippen LogP contribution in [-0.4, -0.2) is 24.2 Å². The second-order valence-corrected chi connectivity index (χ2v) is 5.70. The molecule has 0 saturated carbocycles. The van der Waals surface area contributed by atoms with E-state index in [4.69, 9.17) is 5.11 Å². The predicted molar refractivity (Wildman–Crippen MR) is 73.7 cm³/mol. The Morgan fingerprint density at radius 3 is 2.28 bits per heavy atom. The molecule has 0 saturated heterocycles. The summed E-state index contributed by atoms with van der Waals surface area (Å²) < 4.78 is 0. The summed E-state index contributed by atoms with van der Waals surface area (Å²) in [5.74, 6) is -0.0483. The summed E-state index contributed by atoms with van der Waals surface area (Å²) in [6, 6.07) is 5.83. The van der Waals surface area contributed by atoms with Crippen LogP contribution >= 0.6 is 0 Å². The molecule has 1 aromatic rings. The number of carbonyl (C=O) groups excluding carboxylic acids is 1. The van der Waals surface area contributed by atoms with Gasteiger partial charge in [0.15, 0.2) is 0 Å². The maximum absolute atomic E-state index is 12.0. The molecule has 0 aliphatic heterocycles. The lowest BCUT2D eigenvalue weighted by atomic mass is 9.89. The zero-order valence-corrected chi connectivity index (χ0v) is 11.7. The first kappa shape index (κ1) is 14.7. The third-order valence-electron chi connectivity index (χ3n) is 3.00. The molecule has 3 nitrogen and oxygen atoms in total. The van der Waals surface area contributed by atoms with E-state index in [1.165, 1.54) is 0 Å². The molecule has 0 atom stereocenters. The second-order valence-electron chi connectivity index (χ2n) is 5.70. The third-order valence-corrected chi connectivity index (χ3v) is 3.00. The van der Waals surface area contributed by atoms with Gasteiger partial charge in [0.2, 0.25) is 0 Å². The number of nitrogens with one attached hydrogen (secondary N) is 1. The lowest BCUT2D eigenvalue weighted by molar-refractivity contribution is 0.0928. The molecular formula is C15H23NO2. The van der Waals surface area contributed by atoms with Crippen molar-refractivity contribution < 1.29 is 9.90 Å². The summed E-state index contributed by atoms with van der Waals surface area (Å²) in [5, 5.41) is 11.9. The number of amides is 1. The van der Waals surface area contributed by atoms with Gasteiger partial charge in [-0.25, -0.2) is 0 Å². The first-order chi connectivity index (χ1) is 8.34. The van der Waals surface area contributed by atoms with Gasteiger partial charge in [0, 0.05) is 18.7 Å². The van der Waals surface area contributed by atoms with Crippen LogP contribution < -0.4 is 5.32 Å². The maximum atomic E-state index is 12.0. The largest absolute Gasteiger partial charge is 0.396 e. The van der Waals surface area contributed by atoms with Crippen LogP contribution in [0.5, 0.6) is 0 Å². The number of hydrogen-bond donors (Lipinski definition) is 2. The lowest BCUT2D eigenvalue weighted by Crippen LogP contribution is -2.34. The molecule has 0 unspecified atom stereocenters. The Morgan fingerprint density at radius 2 is 1.78 bits per heavy atom. The minimum atomic E-state index is -0.0801. The van der Waals surface area contributed by atoms with E-state index < -0.39 is 0 Å². The van der Waals surface area contributed by atoms with Crippen LogP contribution in [0.25, 0.3) is 0 Å². The van der Waals surface area contributed by atoms with Gasteiger partial charge in [0.25, 0.3) is 5.91 Å². The van der Waals surface area contributed by atoms with E-state index in [9.17, 15) is 4.79 Å². The molecule has 1 amide bonds. The normalized spacial score (nSPS) is 11.4. The Balaban J connectivity index is 2.66. The molecule has 0 fully saturated rings. The topological polar surface area (TPSA) is 49.3 Å². The molecule has 0 aliphatic rings. The molecule has 0 bridgehead atoms. The molecule has 0 aliphatic carbocycles. The summed E-state index contributed by atoms with van der Waals surface area (Å²) in [5.41, 5.74) is 2.81. The first-order valence-electron chi connectivity index (χ1n) is 6.31. The molecule has 0 heterocycles. The van der Waals surface area contributed by atoms with Crippen molar-refractivity contribution in [3.8, 4) is 0 Å². The van der Waals surface area contributed by atoms with Gasteiger partial charge >= 0.3 is 0 Å². The third kappa shape index (κ3) is 4.49. The minimum absolute atomic E-state index is 0.0483. The van der Waals surface area contributed by atoms with E-state index in [2.05, 4.69) is 5.32 Å². The van der Waals surface area contributed by atoms with Gasteiger partial charge < -0.3 is 10.4 Å². The van der Waals surface area contributed by atoms with Crippen LogP contribution in [0.4, 0.5) is 0 Å². The Morgan fingerprint density at radius 1 is 1.22 bits per heavy atom. The monoisotopic (exact) mass is 249 g/mol. The average Bonchev–Trinajstić information content (AvgIpc) is 2.24. The maximum Gasteiger partial charge on any atom is 0.251 e. The van der Waals surface area contributed by atoms with Gasteiger partial charge in [-0.3, -0.25) is 4.79 Å². The molecule has 100 valence electrons. The highest BCUT2D eigenvalue weighted by molar-refractivity contribution is 5.94. The Bertz CT molecular complexity index is 404. The summed E-state index contributed by atoms with van der Waals surface area (Å²) in [6.07, 6.45) is 0.681. The van der Waals surface area contributed by atoms with Crippen LogP contribution in [0.3, 0.4) is 0 Å². The van der Waals surface area contributed by atoms with E-state index in [1.807, 2.05) is 45.9 Å². The molecule has 0 radical (unpaired) electrons. The van der Waals surface area contributed by atoms with Crippen molar-refractivity contribution in [3.05, 3.63) is 34.9 Å². The van der Waals surface area contributed by atoms with Crippen LogP contribution in [0, 0.1) is 19.3 Å². The molecule has 1 aromatic carbocycles. The van der Waals surface area contributed by atoms with Gasteiger partial charge in [-0.2, -0.15) is 0 Å². The highest BCUT2D eigenvalue weighted by Crippen LogP contribution is 2.18. The molecule has 0 spiro atoms. The second kappa shape index (κ2) is 6.01. The summed E-state index contributed by atoms with van der Waals surface area (Å²) >= 11 is 0. The number of aryl methyl sites for hydroxylation is 2. The van der Waals surface area contributed by atoms with E-state index in [-0.39, 0.29) is 17.9 Å². The van der Waals surface area contributed by atoms with Gasteiger partial charge in [-0.15, -0.1) is 0 Å². The highest BCUT2D eigenvalue weighted by atomic mass is 16.3. The average molecular weight is 249 g/mol. The lowest BCUT2D eigenvalue weighted by Gasteiger charge is -2.23. The van der Waals surface area contributed by atoms with Crippen molar-refractivity contribution in [2.24, 2.45) is 5.41 Å². The first-order valence-corrected chi connectivity index (χ1v) is 6.31. The number of benzene rings is 1. The van der Waals surface area contributed by atoms with Gasteiger partial charge in [-0.05, 0) is 37.8 Å². The SMILES string of the molecule is Cc1cc(C)cc(C(=O)NCC(C)(C)CCO)c1. The number of rotatable bonds is 5. The van der Waals surface area contributed by atoms with Crippen molar-refractivity contribution in [1.82, 2.24) is 5.32 Å². The number of aliphatic hydroxyl groups excluding tert-OH is 1. The molecular weight excluding hydrogens is 226 g/mol. The van der Waals surface area contributed by atoms with E-state index in [0.717, 1.165) is 11.1 Å². The minimum Gasteiger partial charge on any atom is -0.396 e. The molecule has 3 heteroatoms. The quantitative estimate of drug-likeness (QED) is 0.842. The van der Waals surface area contributed by atoms with Crippen molar-refractivity contribution >= 4 is 5.91 Å². The summed E-state index contributed by atoms with van der Waals surface area (Å²) in [4.78, 5) is 12.0. The fraction of sp³-hybridized carbons (Fsp3) is 0.533. The fourth-order valence-electron chi connectivity index (χ4n) is 1.92. The number of aliphatic hydroxyl groups is 1. The molecule has 18 heavy (non-hydrogen) atoms. The highest BCUT2D eigenvalue weighted by Gasteiger charge is 2.18. The zero-order valence-electron chi connectivity index (χ0n) is 11.7. The van der Waals surface area contributed by atoms with Crippen molar-refractivity contribution in [2.45, 2.75) is 34.1 Å². The Labute approximate surface area is 109 Å². The van der Waals surface area contributed by atoms with E-state index in [1.54, 1.807) is 0 Å². The number of carbonyl (C=O) groups is 1. The standard InChI is InChI=1S/C15H23NO2/c1-11-7-12(2)9-13(8-11)14(18)16-10-15(3,4)5-6-17/h7-9,17H,5-6,10H2,1-4H3,(H,16,18). The summed E-state index contributed by atoms with van der Waals surface area (Å²) in [7, 11) is 0.